The van der Waals surface area contributed by atoms with Crippen LogP contribution in [-0.2, 0) is 9.59 Å². The van der Waals surface area contributed by atoms with Gasteiger partial charge in [-0.2, -0.15) is 0 Å². The summed E-state index contributed by atoms with van der Waals surface area (Å²) in [6.07, 6.45) is 3.02. The molecule has 1 saturated carbocycles. The van der Waals surface area contributed by atoms with Crippen molar-refractivity contribution < 1.29 is 9.59 Å². The van der Waals surface area contributed by atoms with Gasteiger partial charge in [-0.25, -0.2) is 0 Å². The first-order valence-corrected chi connectivity index (χ1v) is 9.11. The second kappa shape index (κ2) is 7.56. The van der Waals surface area contributed by atoms with E-state index in [0.29, 0.717) is 36.6 Å². The fourth-order valence-electron chi connectivity index (χ4n) is 3.13. The number of hydrogen-bond acceptors (Lipinski definition) is 2. The average Bonchev–Trinajstić information content (AvgIpc) is 3.31. The average molecular weight is 351 g/mol. The fourth-order valence-corrected chi connectivity index (χ4v) is 3.50. The Morgan fingerprint density at radius 1 is 1.17 bits per heavy atom. The van der Waals surface area contributed by atoms with Crippen LogP contribution >= 0.6 is 11.6 Å². The van der Waals surface area contributed by atoms with E-state index in [2.05, 4.69) is 5.32 Å². The number of nitrogens with one attached hydrogen (secondary N) is 1. The number of halogens is 1. The van der Waals surface area contributed by atoms with Crippen LogP contribution in [0.5, 0.6) is 0 Å². The van der Waals surface area contributed by atoms with Crippen molar-refractivity contribution in [1.82, 2.24) is 4.90 Å². The molecule has 2 amide bonds. The van der Waals surface area contributed by atoms with Crippen molar-refractivity contribution in [1.29, 1.82) is 0 Å². The normalized spacial score (nSPS) is 15.0. The third-order valence-corrected chi connectivity index (χ3v) is 4.84. The van der Waals surface area contributed by atoms with E-state index in [1.54, 1.807) is 0 Å². The van der Waals surface area contributed by atoms with Gasteiger partial charge in [0.15, 0.2) is 0 Å². The smallest absolute Gasteiger partial charge is 0.240 e. The number of benzene rings is 1. The number of anilines is 1. The van der Waals surface area contributed by atoms with Crippen molar-refractivity contribution in [3.8, 4) is 0 Å². The van der Waals surface area contributed by atoms with E-state index in [1.807, 2.05) is 44.7 Å². The molecule has 0 radical (unpaired) electrons. The molecule has 2 rings (SSSR count). The van der Waals surface area contributed by atoms with Crippen LogP contribution in [-0.4, -0.2) is 29.8 Å². The summed E-state index contributed by atoms with van der Waals surface area (Å²) in [5.74, 6) is -0.261. The summed E-state index contributed by atoms with van der Waals surface area (Å²) in [6.45, 7) is 9.37. The molecule has 24 heavy (non-hydrogen) atoms. The molecule has 1 aliphatic carbocycles. The molecule has 0 bridgehead atoms. The number of carbonyl (C=O) groups is 2. The summed E-state index contributed by atoms with van der Waals surface area (Å²) < 4.78 is 0. The minimum absolute atomic E-state index is 0.0374. The van der Waals surface area contributed by atoms with Gasteiger partial charge in [-0.1, -0.05) is 31.5 Å². The molecule has 0 atom stereocenters. The topological polar surface area (TPSA) is 49.4 Å². The summed E-state index contributed by atoms with van der Waals surface area (Å²) >= 11 is 6.28. The molecular weight excluding hydrogens is 324 g/mol. The predicted octanol–water partition coefficient (Wildman–Crippen LogP) is 4.32. The largest absolute Gasteiger partial charge is 0.342 e. The minimum Gasteiger partial charge on any atom is -0.342 e. The third-order valence-electron chi connectivity index (χ3n) is 4.54. The van der Waals surface area contributed by atoms with Crippen LogP contribution in [0, 0.1) is 19.3 Å². The van der Waals surface area contributed by atoms with Gasteiger partial charge >= 0.3 is 0 Å². The van der Waals surface area contributed by atoms with Crippen LogP contribution in [0.4, 0.5) is 5.69 Å². The van der Waals surface area contributed by atoms with Gasteiger partial charge in [0.05, 0.1) is 10.7 Å². The zero-order valence-electron chi connectivity index (χ0n) is 15.0. The second-order valence-electron chi connectivity index (χ2n) is 6.77. The Bertz CT molecular complexity index is 609. The van der Waals surface area contributed by atoms with E-state index in [1.165, 1.54) is 0 Å². The van der Waals surface area contributed by atoms with Gasteiger partial charge in [-0.3, -0.25) is 9.59 Å². The van der Waals surface area contributed by atoms with E-state index in [4.69, 9.17) is 11.6 Å². The minimum atomic E-state index is -0.898. The molecule has 0 saturated heterocycles. The maximum Gasteiger partial charge on any atom is 0.240 e. The number of aryl methyl sites for hydroxylation is 2. The van der Waals surface area contributed by atoms with Gasteiger partial charge in [-0.05, 0) is 56.7 Å². The molecule has 0 unspecified atom stereocenters. The van der Waals surface area contributed by atoms with Crippen molar-refractivity contribution in [3.05, 3.63) is 28.3 Å². The second-order valence-corrected chi connectivity index (χ2v) is 7.17. The first kappa shape index (κ1) is 18.8. The Labute approximate surface area is 149 Å². The summed E-state index contributed by atoms with van der Waals surface area (Å²) in [4.78, 5) is 27.5. The van der Waals surface area contributed by atoms with Crippen molar-refractivity contribution in [2.75, 3.05) is 18.4 Å². The lowest BCUT2D eigenvalue weighted by molar-refractivity contribution is -0.142. The predicted molar refractivity (Wildman–Crippen MR) is 98.4 cm³/mol. The molecule has 0 aliphatic heterocycles. The highest BCUT2D eigenvalue weighted by Gasteiger charge is 2.57. The maximum absolute atomic E-state index is 12.9. The Kier molecular flexibility index (Phi) is 5.92. The number of nitrogens with zero attached hydrogens (tertiary/aromatic N) is 1. The van der Waals surface area contributed by atoms with Crippen LogP contribution in [0.3, 0.4) is 0 Å². The van der Waals surface area contributed by atoms with Crippen LogP contribution in [0.2, 0.25) is 5.02 Å². The Morgan fingerprint density at radius 3 is 2.21 bits per heavy atom. The first-order chi connectivity index (χ1) is 11.4. The Morgan fingerprint density at radius 2 is 1.75 bits per heavy atom. The van der Waals surface area contributed by atoms with Gasteiger partial charge in [0.1, 0.15) is 5.41 Å². The van der Waals surface area contributed by atoms with Crippen LogP contribution < -0.4 is 5.32 Å². The standard InChI is InChI=1S/C19H27ClN2O2/c1-5-9-22(10-6-2)18(24)19(7-8-19)17(23)21-16-14(4)11-13(3)12-15(16)20/h11-12H,5-10H2,1-4H3,(H,21,23). The first-order valence-electron chi connectivity index (χ1n) is 8.73. The van der Waals surface area contributed by atoms with E-state index >= 15 is 0 Å². The van der Waals surface area contributed by atoms with Crippen LogP contribution in [0.1, 0.15) is 50.7 Å². The number of rotatable bonds is 7. The quantitative estimate of drug-likeness (QED) is 0.744. The number of amides is 2. The van der Waals surface area contributed by atoms with Gasteiger partial charge in [0.25, 0.3) is 0 Å². The SMILES string of the molecule is CCCN(CCC)C(=O)C1(C(=O)Nc2c(C)cc(C)cc2Cl)CC1. The molecule has 4 nitrogen and oxygen atoms in total. The monoisotopic (exact) mass is 350 g/mol. The van der Waals surface area contributed by atoms with Gasteiger partial charge < -0.3 is 10.2 Å². The van der Waals surface area contributed by atoms with E-state index in [0.717, 1.165) is 24.0 Å². The lowest BCUT2D eigenvalue weighted by atomic mass is 10.0. The van der Waals surface area contributed by atoms with Gasteiger partial charge in [0, 0.05) is 13.1 Å². The molecule has 5 heteroatoms. The maximum atomic E-state index is 12.9. The molecule has 132 valence electrons. The molecule has 1 aromatic rings. The summed E-state index contributed by atoms with van der Waals surface area (Å²) in [6, 6.07) is 3.80. The summed E-state index contributed by atoms with van der Waals surface area (Å²) in [5.41, 5.74) is 1.68. The lowest BCUT2D eigenvalue weighted by Crippen LogP contribution is -2.43. The van der Waals surface area contributed by atoms with Gasteiger partial charge in [-0.15, -0.1) is 0 Å². The van der Waals surface area contributed by atoms with E-state index in [9.17, 15) is 9.59 Å². The molecule has 0 heterocycles. The highest BCUT2D eigenvalue weighted by atomic mass is 35.5. The zero-order chi connectivity index (χ0) is 17.9. The molecule has 1 fully saturated rings. The molecule has 0 spiro atoms. The Hall–Kier alpha value is -1.55. The summed E-state index contributed by atoms with van der Waals surface area (Å²) in [5, 5.41) is 3.43. The van der Waals surface area contributed by atoms with Crippen LogP contribution in [0.15, 0.2) is 12.1 Å². The number of hydrogen-bond donors (Lipinski definition) is 1. The lowest BCUT2D eigenvalue weighted by Gasteiger charge is -2.26. The molecule has 1 aromatic carbocycles. The van der Waals surface area contributed by atoms with Crippen molar-refractivity contribution in [3.63, 3.8) is 0 Å². The highest BCUT2D eigenvalue weighted by molar-refractivity contribution is 6.34. The molecule has 1 aliphatic rings. The van der Waals surface area contributed by atoms with E-state index in [-0.39, 0.29) is 11.8 Å². The molecule has 0 aromatic heterocycles. The number of carbonyl (C=O) groups excluding carboxylic acids is 2. The van der Waals surface area contributed by atoms with Crippen molar-refractivity contribution >= 4 is 29.1 Å². The molecule has 1 N–H and O–H groups in total. The summed E-state index contributed by atoms with van der Waals surface area (Å²) in [7, 11) is 0. The fraction of sp³-hybridized carbons (Fsp3) is 0.579. The van der Waals surface area contributed by atoms with E-state index < -0.39 is 5.41 Å². The molecular formula is C19H27ClN2O2. The van der Waals surface area contributed by atoms with Crippen LogP contribution in [0.25, 0.3) is 0 Å². The zero-order valence-corrected chi connectivity index (χ0v) is 15.8. The van der Waals surface area contributed by atoms with Gasteiger partial charge in [0.2, 0.25) is 11.8 Å². The highest BCUT2D eigenvalue weighted by Crippen LogP contribution is 2.48. The Balaban J connectivity index is 2.18. The van der Waals surface area contributed by atoms with Crippen molar-refractivity contribution in [2.24, 2.45) is 5.41 Å². The third kappa shape index (κ3) is 3.75. The van der Waals surface area contributed by atoms with Crippen molar-refractivity contribution in [2.45, 2.75) is 53.4 Å².